The van der Waals surface area contributed by atoms with Crippen molar-refractivity contribution in [1.82, 2.24) is 0 Å². The first-order valence-corrected chi connectivity index (χ1v) is 6.49. The SMILES string of the molecule is COCCOCC(O)CSC(C)C(C)C. The lowest BCUT2D eigenvalue weighted by Gasteiger charge is -2.17. The van der Waals surface area contributed by atoms with Crippen LogP contribution >= 0.6 is 11.8 Å². The number of methoxy groups -OCH3 is 1. The van der Waals surface area contributed by atoms with E-state index in [0.717, 1.165) is 5.75 Å². The molecule has 92 valence electrons. The number of aliphatic hydroxyl groups is 1. The molecule has 0 aliphatic rings. The van der Waals surface area contributed by atoms with Crippen LogP contribution in [0.2, 0.25) is 0 Å². The average Bonchev–Trinajstić information content (AvgIpc) is 2.20. The summed E-state index contributed by atoms with van der Waals surface area (Å²) in [7, 11) is 1.64. The van der Waals surface area contributed by atoms with Crippen molar-refractivity contribution in [2.24, 2.45) is 5.92 Å². The van der Waals surface area contributed by atoms with Crippen LogP contribution in [0.15, 0.2) is 0 Å². The van der Waals surface area contributed by atoms with E-state index in [1.54, 1.807) is 18.9 Å². The molecule has 0 bridgehead atoms. The number of thioether (sulfide) groups is 1. The van der Waals surface area contributed by atoms with Crippen molar-refractivity contribution in [3.8, 4) is 0 Å². The van der Waals surface area contributed by atoms with Gasteiger partial charge < -0.3 is 14.6 Å². The van der Waals surface area contributed by atoms with E-state index in [0.29, 0.717) is 31.0 Å². The highest BCUT2D eigenvalue weighted by Gasteiger charge is 2.11. The summed E-state index contributed by atoms with van der Waals surface area (Å²) in [6.45, 7) is 8.12. The first kappa shape index (κ1) is 15.2. The van der Waals surface area contributed by atoms with Gasteiger partial charge >= 0.3 is 0 Å². The highest BCUT2D eigenvalue weighted by atomic mass is 32.2. The molecule has 0 amide bonds. The summed E-state index contributed by atoms with van der Waals surface area (Å²) >= 11 is 1.80. The van der Waals surface area contributed by atoms with E-state index < -0.39 is 0 Å². The molecule has 0 aromatic carbocycles. The van der Waals surface area contributed by atoms with Crippen LogP contribution in [0.1, 0.15) is 20.8 Å². The third kappa shape index (κ3) is 9.18. The Balaban J connectivity index is 3.36. The molecule has 0 heterocycles. The molecular formula is C11H24O3S. The van der Waals surface area contributed by atoms with Crippen molar-refractivity contribution in [1.29, 1.82) is 0 Å². The van der Waals surface area contributed by atoms with Crippen LogP contribution in [-0.4, -0.2) is 49.1 Å². The maximum Gasteiger partial charge on any atom is 0.0863 e. The minimum absolute atomic E-state index is 0.368. The molecule has 0 aromatic heterocycles. The van der Waals surface area contributed by atoms with Crippen LogP contribution in [0.4, 0.5) is 0 Å². The lowest BCUT2D eigenvalue weighted by atomic mass is 10.2. The molecule has 4 heteroatoms. The van der Waals surface area contributed by atoms with Gasteiger partial charge in [0.15, 0.2) is 0 Å². The Kier molecular flexibility index (Phi) is 9.60. The van der Waals surface area contributed by atoms with Gasteiger partial charge in [-0.2, -0.15) is 11.8 Å². The van der Waals surface area contributed by atoms with Crippen LogP contribution in [0, 0.1) is 5.92 Å². The van der Waals surface area contributed by atoms with Crippen LogP contribution < -0.4 is 0 Å². The van der Waals surface area contributed by atoms with Crippen molar-refractivity contribution >= 4 is 11.8 Å². The van der Waals surface area contributed by atoms with Gasteiger partial charge in [-0.25, -0.2) is 0 Å². The molecule has 0 saturated heterocycles. The second-order valence-electron chi connectivity index (χ2n) is 4.00. The molecule has 2 unspecified atom stereocenters. The topological polar surface area (TPSA) is 38.7 Å². The molecule has 0 aromatic rings. The minimum atomic E-state index is -0.368. The van der Waals surface area contributed by atoms with Gasteiger partial charge in [0, 0.05) is 18.1 Å². The predicted molar refractivity (Wildman–Crippen MR) is 65.5 cm³/mol. The first-order valence-electron chi connectivity index (χ1n) is 5.44. The van der Waals surface area contributed by atoms with Gasteiger partial charge in [-0.3, -0.25) is 0 Å². The second-order valence-corrected chi connectivity index (χ2v) is 5.41. The van der Waals surface area contributed by atoms with Crippen LogP contribution in [0.25, 0.3) is 0 Å². The highest BCUT2D eigenvalue weighted by Crippen LogP contribution is 2.19. The van der Waals surface area contributed by atoms with Crippen LogP contribution in [0.3, 0.4) is 0 Å². The Morgan fingerprint density at radius 2 is 1.87 bits per heavy atom. The van der Waals surface area contributed by atoms with E-state index in [1.807, 2.05) is 0 Å². The van der Waals surface area contributed by atoms with Gasteiger partial charge in [0.1, 0.15) is 0 Å². The molecule has 0 aliphatic heterocycles. The molecule has 0 rings (SSSR count). The predicted octanol–water partition coefficient (Wildman–Crippen LogP) is 1.79. The van der Waals surface area contributed by atoms with E-state index in [1.165, 1.54) is 0 Å². The fraction of sp³-hybridized carbons (Fsp3) is 1.00. The molecule has 2 atom stereocenters. The van der Waals surface area contributed by atoms with Crippen LogP contribution in [0.5, 0.6) is 0 Å². The molecule has 15 heavy (non-hydrogen) atoms. The largest absolute Gasteiger partial charge is 0.390 e. The maximum absolute atomic E-state index is 9.59. The molecule has 0 radical (unpaired) electrons. The van der Waals surface area contributed by atoms with Crippen molar-refractivity contribution in [2.75, 3.05) is 32.7 Å². The minimum Gasteiger partial charge on any atom is -0.390 e. The third-order valence-electron chi connectivity index (χ3n) is 2.23. The fourth-order valence-corrected chi connectivity index (χ4v) is 1.87. The van der Waals surface area contributed by atoms with Gasteiger partial charge in [0.2, 0.25) is 0 Å². The van der Waals surface area contributed by atoms with E-state index >= 15 is 0 Å². The Labute approximate surface area is 97.5 Å². The normalized spacial score (nSPS) is 15.6. The third-order valence-corrected chi connectivity index (χ3v) is 3.88. The van der Waals surface area contributed by atoms with Crippen molar-refractivity contribution in [3.63, 3.8) is 0 Å². The quantitative estimate of drug-likeness (QED) is 0.619. The number of aliphatic hydroxyl groups excluding tert-OH is 1. The van der Waals surface area contributed by atoms with Gasteiger partial charge in [0.25, 0.3) is 0 Å². The van der Waals surface area contributed by atoms with Crippen molar-refractivity contribution in [3.05, 3.63) is 0 Å². The number of hydrogen-bond donors (Lipinski definition) is 1. The molecular weight excluding hydrogens is 212 g/mol. The van der Waals surface area contributed by atoms with E-state index in [2.05, 4.69) is 20.8 Å². The summed E-state index contributed by atoms with van der Waals surface area (Å²) in [5, 5.41) is 10.2. The van der Waals surface area contributed by atoms with E-state index in [4.69, 9.17) is 9.47 Å². The van der Waals surface area contributed by atoms with E-state index in [9.17, 15) is 5.11 Å². The summed E-state index contributed by atoms with van der Waals surface area (Å²) in [6, 6.07) is 0. The lowest BCUT2D eigenvalue weighted by molar-refractivity contribution is 0.0218. The standard InChI is InChI=1S/C11H24O3S/c1-9(2)10(3)15-8-11(12)7-14-6-5-13-4/h9-12H,5-8H2,1-4H3. The number of hydrogen-bond acceptors (Lipinski definition) is 4. The average molecular weight is 236 g/mol. The van der Waals surface area contributed by atoms with Gasteiger partial charge in [-0.1, -0.05) is 20.8 Å². The number of ether oxygens (including phenoxy) is 2. The molecule has 3 nitrogen and oxygen atoms in total. The monoisotopic (exact) mass is 236 g/mol. The van der Waals surface area contributed by atoms with E-state index in [-0.39, 0.29) is 6.10 Å². The van der Waals surface area contributed by atoms with Crippen molar-refractivity contribution in [2.45, 2.75) is 32.1 Å². The summed E-state index contributed by atoms with van der Waals surface area (Å²) in [5.74, 6) is 1.39. The highest BCUT2D eigenvalue weighted by molar-refractivity contribution is 7.99. The smallest absolute Gasteiger partial charge is 0.0863 e. The van der Waals surface area contributed by atoms with Gasteiger partial charge in [0.05, 0.1) is 25.9 Å². The Morgan fingerprint density at radius 3 is 2.40 bits per heavy atom. The fourth-order valence-electron chi connectivity index (χ4n) is 0.865. The molecule has 0 fully saturated rings. The second kappa shape index (κ2) is 9.46. The van der Waals surface area contributed by atoms with Gasteiger partial charge in [-0.05, 0) is 5.92 Å². The van der Waals surface area contributed by atoms with Crippen LogP contribution in [-0.2, 0) is 9.47 Å². The molecule has 0 spiro atoms. The summed E-state index contributed by atoms with van der Waals surface area (Å²) in [6.07, 6.45) is -0.368. The zero-order chi connectivity index (χ0) is 11.7. The summed E-state index contributed by atoms with van der Waals surface area (Å²) in [4.78, 5) is 0. The molecule has 0 saturated carbocycles. The molecule has 1 N–H and O–H groups in total. The van der Waals surface area contributed by atoms with Gasteiger partial charge in [-0.15, -0.1) is 0 Å². The zero-order valence-electron chi connectivity index (χ0n) is 10.2. The lowest BCUT2D eigenvalue weighted by Crippen LogP contribution is -2.21. The number of rotatable bonds is 9. The molecule has 0 aliphatic carbocycles. The Morgan fingerprint density at radius 1 is 1.20 bits per heavy atom. The zero-order valence-corrected chi connectivity index (χ0v) is 11.0. The van der Waals surface area contributed by atoms with Crippen molar-refractivity contribution < 1.29 is 14.6 Å². The summed E-state index contributed by atoms with van der Waals surface area (Å²) < 4.78 is 10.1. The summed E-state index contributed by atoms with van der Waals surface area (Å²) in [5.41, 5.74) is 0. The Hall–Kier alpha value is 0.230. The maximum atomic E-state index is 9.59. The Bertz CT molecular complexity index is 142. The first-order chi connectivity index (χ1) is 7.07.